The van der Waals surface area contributed by atoms with Gasteiger partial charge in [-0.15, -0.1) is 0 Å². The molecule has 0 fully saturated rings. The fourth-order valence-corrected chi connectivity index (χ4v) is 2.47. The van der Waals surface area contributed by atoms with Crippen LogP contribution in [0.15, 0.2) is 24.4 Å². The first kappa shape index (κ1) is 15.1. The number of fused-ring (bicyclic) bond motifs is 1. The number of nitrogens with one attached hydrogen (secondary N) is 1. The Morgan fingerprint density at radius 1 is 1.33 bits per heavy atom. The van der Waals surface area contributed by atoms with Crippen LogP contribution in [0.3, 0.4) is 0 Å². The molecule has 0 unspecified atom stereocenters. The van der Waals surface area contributed by atoms with Gasteiger partial charge in [-0.2, -0.15) is 0 Å². The van der Waals surface area contributed by atoms with E-state index in [4.69, 9.17) is 5.11 Å². The van der Waals surface area contributed by atoms with Crippen LogP contribution in [0.1, 0.15) is 24.5 Å². The molecule has 0 atom stereocenters. The Balaban J connectivity index is 2.13. The predicted molar refractivity (Wildman–Crippen MR) is 81.2 cm³/mol. The second-order valence-corrected chi connectivity index (χ2v) is 5.11. The maximum atomic E-state index is 12.3. The van der Waals surface area contributed by atoms with Gasteiger partial charge in [-0.3, -0.25) is 9.59 Å². The van der Waals surface area contributed by atoms with E-state index in [1.54, 1.807) is 4.90 Å². The molecule has 0 saturated heterocycles. The first-order chi connectivity index (χ1) is 10.0. The maximum absolute atomic E-state index is 12.3. The summed E-state index contributed by atoms with van der Waals surface area (Å²) in [7, 11) is 0. The number of carboxylic acids is 1. The van der Waals surface area contributed by atoms with E-state index < -0.39 is 5.97 Å². The van der Waals surface area contributed by atoms with Crippen LogP contribution in [0.25, 0.3) is 10.9 Å². The van der Waals surface area contributed by atoms with E-state index in [9.17, 15) is 9.59 Å². The highest BCUT2D eigenvalue weighted by atomic mass is 16.4. The van der Waals surface area contributed by atoms with Crippen molar-refractivity contribution in [3.05, 3.63) is 35.5 Å². The van der Waals surface area contributed by atoms with Crippen molar-refractivity contribution in [1.82, 2.24) is 9.88 Å². The molecule has 0 saturated carbocycles. The van der Waals surface area contributed by atoms with Gasteiger partial charge in [0.1, 0.15) is 0 Å². The van der Waals surface area contributed by atoms with Gasteiger partial charge in [-0.05, 0) is 25.0 Å². The zero-order valence-corrected chi connectivity index (χ0v) is 12.3. The molecule has 21 heavy (non-hydrogen) atoms. The molecule has 2 aromatic rings. The second-order valence-electron chi connectivity index (χ2n) is 5.11. The molecule has 2 rings (SSSR count). The minimum Gasteiger partial charge on any atom is -0.481 e. The lowest BCUT2D eigenvalue weighted by molar-refractivity contribution is -0.138. The first-order valence-corrected chi connectivity index (χ1v) is 7.08. The number of hydrogen-bond acceptors (Lipinski definition) is 2. The Labute approximate surface area is 123 Å². The summed E-state index contributed by atoms with van der Waals surface area (Å²) in [5.41, 5.74) is 3.14. The number of aryl methyl sites for hydroxylation is 1. The molecule has 1 amide bonds. The Hall–Kier alpha value is -2.30. The normalized spacial score (nSPS) is 10.8. The number of rotatable bonds is 6. The summed E-state index contributed by atoms with van der Waals surface area (Å²) in [6, 6.07) is 5.99. The topological polar surface area (TPSA) is 73.4 Å². The zero-order valence-electron chi connectivity index (χ0n) is 12.3. The van der Waals surface area contributed by atoms with Crippen molar-refractivity contribution in [3.8, 4) is 0 Å². The minimum absolute atomic E-state index is 0.0213. The zero-order chi connectivity index (χ0) is 15.4. The Bertz CT molecular complexity index is 661. The van der Waals surface area contributed by atoms with Crippen molar-refractivity contribution in [2.24, 2.45) is 0 Å². The van der Waals surface area contributed by atoms with Crippen LogP contribution in [-0.2, 0) is 16.0 Å². The average Bonchev–Trinajstić information content (AvgIpc) is 2.84. The molecule has 0 aliphatic carbocycles. The number of hydrogen-bond donors (Lipinski definition) is 2. The van der Waals surface area contributed by atoms with Crippen molar-refractivity contribution < 1.29 is 14.7 Å². The van der Waals surface area contributed by atoms with E-state index in [0.29, 0.717) is 6.54 Å². The van der Waals surface area contributed by atoms with Gasteiger partial charge in [-0.25, -0.2) is 0 Å². The fourth-order valence-electron chi connectivity index (χ4n) is 2.47. The van der Waals surface area contributed by atoms with Crippen LogP contribution >= 0.6 is 0 Å². The van der Waals surface area contributed by atoms with E-state index in [2.05, 4.69) is 4.98 Å². The summed E-state index contributed by atoms with van der Waals surface area (Å²) >= 11 is 0. The SMILES string of the molecule is CCN(CCC(=O)O)C(=O)Cc1c[nH]c2c(C)cccc12. The molecular formula is C16H20N2O3. The minimum atomic E-state index is -0.885. The van der Waals surface area contributed by atoms with Crippen molar-refractivity contribution >= 4 is 22.8 Å². The van der Waals surface area contributed by atoms with Crippen molar-refractivity contribution in [1.29, 1.82) is 0 Å². The molecular weight excluding hydrogens is 268 g/mol. The number of para-hydroxylation sites is 1. The number of aliphatic carboxylic acids is 1. The van der Waals surface area contributed by atoms with Gasteiger partial charge in [0.15, 0.2) is 0 Å². The molecule has 1 heterocycles. The predicted octanol–water partition coefficient (Wildman–Crippen LogP) is 2.34. The number of benzene rings is 1. The lowest BCUT2D eigenvalue weighted by atomic mass is 10.1. The van der Waals surface area contributed by atoms with Gasteiger partial charge in [0.2, 0.25) is 5.91 Å². The average molecular weight is 288 g/mol. The van der Waals surface area contributed by atoms with Gasteiger partial charge in [-0.1, -0.05) is 18.2 Å². The smallest absolute Gasteiger partial charge is 0.305 e. The van der Waals surface area contributed by atoms with Gasteiger partial charge in [0.25, 0.3) is 0 Å². The molecule has 0 spiro atoms. The third kappa shape index (κ3) is 3.42. The molecule has 2 N–H and O–H groups in total. The fraction of sp³-hybridized carbons (Fsp3) is 0.375. The number of aromatic amines is 1. The molecule has 0 bridgehead atoms. The molecule has 0 aliphatic heterocycles. The monoisotopic (exact) mass is 288 g/mol. The van der Waals surface area contributed by atoms with E-state index in [-0.39, 0.29) is 25.3 Å². The second kappa shape index (κ2) is 6.43. The van der Waals surface area contributed by atoms with Gasteiger partial charge < -0.3 is 15.0 Å². The molecule has 1 aromatic carbocycles. The first-order valence-electron chi connectivity index (χ1n) is 7.08. The summed E-state index contributed by atoms with van der Waals surface area (Å²) in [5.74, 6) is -0.926. The highest BCUT2D eigenvalue weighted by Crippen LogP contribution is 2.22. The Kier molecular flexibility index (Phi) is 4.62. The third-order valence-corrected chi connectivity index (χ3v) is 3.68. The Morgan fingerprint density at radius 3 is 2.76 bits per heavy atom. The number of carbonyl (C=O) groups excluding carboxylic acids is 1. The van der Waals surface area contributed by atoms with Crippen LogP contribution in [0.4, 0.5) is 0 Å². The van der Waals surface area contributed by atoms with Crippen LogP contribution in [0.2, 0.25) is 0 Å². The highest BCUT2D eigenvalue weighted by molar-refractivity contribution is 5.90. The van der Waals surface area contributed by atoms with E-state index in [1.165, 1.54) is 0 Å². The van der Waals surface area contributed by atoms with Crippen LogP contribution in [-0.4, -0.2) is 40.0 Å². The number of carbonyl (C=O) groups is 2. The standard InChI is InChI=1S/C16H20N2O3/c1-3-18(8-7-15(20)21)14(19)9-12-10-17-16-11(2)5-4-6-13(12)16/h4-6,10,17H,3,7-9H2,1-2H3,(H,20,21). The molecule has 5 nitrogen and oxygen atoms in total. The van der Waals surface area contributed by atoms with E-state index in [0.717, 1.165) is 22.0 Å². The van der Waals surface area contributed by atoms with Crippen molar-refractivity contribution in [2.75, 3.05) is 13.1 Å². The van der Waals surface area contributed by atoms with E-state index in [1.807, 2.05) is 38.2 Å². The maximum Gasteiger partial charge on any atom is 0.305 e. The molecule has 0 aliphatic rings. The van der Waals surface area contributed by atoms with Crippen LogP contribution < -0.4 is 0 Å². The van der Waals surface area contributed by atoms with Crippen molar-refractivity contribution in [2.45, 2.75) is 26.7 Å². The van der Waals surface area contributed by atoms with Crippen LogP contribution in [0.5, 0.6) is 0 Å². The summed E-state index contributed by atoms with van der Waals surface area (Å²) in [6.07, 6.45) is 2.13. The summed E-state index contributed by atoms with van der Waals surface area (Å²) in [4.78, 5) is 27.7. The summed E-state index contributed by atoms with van der Waals surface area (Å²) in [5, 5.41) is 9.78. The summed E-state index contributed by atoms with van der Waals surface area (Å²) < 4.78 is 0. The molecule has 5 heteroatoms. The lowest BCUT2D eigenvalue weighted by Gasteiger charge is -2.19. The van der Waals surface area contributed by atoms with Gasteiger partial charge >= 0.3 is 5.97 Å². The largest absolute Gasteiger partial charge is 0.481 e. The number of aromatic nitrogens is 1. The number of likely N-dealkylation sites (N-methyl/N-ethyl adjacent to an activating group) is 1. The highest BCUT2D eigenvalue weighted by Gasteiger charge is 2.16. The van der Waals surface area contributed by atoms with Crippen LogP contribution in [0, 0.1) is 6.92 Å². The lowest BCUT2D eigenvalue weighted by Crippen LogP contribution is -2.33. The molecule has 112 valence electrons. The number of nitrogens with zero attached hydrogens (tertiary/aromatic N) is 1. The van der Waals surface area contributed by atoms with Crippen molar-refractivity contribution in [3.63, 3.8) is 0 Å². The number of H-pyrrole nitrogens is 1. The number of carboxylic acid groups (broad SMARTS) is 1. The van der Waals surface area contributed by atoms with E-state index >= 15 is 0 Å². The quantitative estimate of drug-likeness (QED) is 0.857. The third-order valence-electron chi connectivity index (χ3n) is 3.68. The van der Waals surface area contributed by atoms with Gasteiger partial charge in [0.05, 0.1) is 12.8 Å². The molecule has 0 radical (unpaired) electrons. The Morgan fingerprint density at radius 2 is 2.10 bits per heavy atom. The summed E-state index contributed by atoms with van der Waals surface area (Å²) in [6.45, 7) is 4.66. The molecule has 1 aromatic heterocycles. The number of amides is 1. The van der Waals surface area contributed by atoms with Gasteiger partial charge in [0, 0.05) is 30.2 Å².